The minimum atomic E-state index is -1.83. The van der Waals surface area contributed by atoms with E-state index in [0.717, 1.165) is 12.8 Å². The van der Waals surface area contributed by atoms with Crippen molar-refractivity contribution >= 4 is 18.5 Å². The fourth-order valence-corrected chi connectivity index (χ4v) is 1.94. The molecule has 11 nitrogen and oxygen atoms in total. The van der Waals surface area contributed by atoms with E-state index in [4.69, 9.17) is 34.0 Å². The monoisotopic (exact) mass is 366 g/mol. The van der Waals surface area contributed by atoms with Gasteiger partial charge < -0.3 is 38.6 Å². The third-order valence-electron chi connectivity index (χ3n) is 3.07. The second kappa shape index (κ2) is 11.3. The smallest absolute Gasteiger partial charge is 0.450 e. The topological polar surface area (TPSA) is 147 Å². The normalized spacial score (nSPS) is 22.8. The highest BCUT2D eigenvalue weighted by Gasteiger charge is 2.26. The molecule has 2 N–H and O–H groups in total. The van der Waals surface area contributed by atoms with Gasteiger partial charge in [-0.3, -0.25) is 0 Å². The van der Waals surface area contributed by atoms with Crippen LogP contribution >= 0.6 is 0 Å². The van der Waals surface area contributed by atoms with Crippen LogP contribution in [0.25, 0.3) is 0 Å². The quantitative estimate of drug-likeness (QED) is 0.451. The van der Waals surface area contributed by atoms with Crippen molar-refractivity contribution < 1.29 is 53.0 Å². The first-order chi connectivity index (χ1) is 11.9. The molecule has 0 spiro atoms. The molecule has 25 heavy (non-hydrogen) atoms. The Labute approximate surface area is 143 Å². The summed E-state index contributed by atoms with van der Waals surface area (Å²) < 4.78 is 30.0. The van der Waals surface area contributed by atoms with Gasteiger partial charge in [0.05, 0.1) is 19.3 Å². The lowest BCUT2D eigenvalue weighted by molar-refractivity contribution is -0.00297. The Hall–Kier alpha value is -2.27. The van der Waals surface area contributed by atoms with Gasteiger partial charge in [0.2, 0.25) is 0 Å². The number of hydrogen-bond acceptors (Lipinski definition) is 9. The van der Waals surface area contributed by atoms with Crippen LogP contribution in [0.2, 0.25) is 0 Å². The molecule has 0 aromatic rings. The van der Waals surface area contributed by atoms with E-state index >= 15 is 0 Å². The number of ether oxygens (including phenoxy) is 6. The highest BCUT2D eigenvalue weighted by atomic mass is 16.8. The summed E-state index contributed by atoms with van der Waals surface area (Å²) in [5.41, 5.74) is 0. The maximum absolute atomic E-state index is 10.7. The fraction of sp³-hybridized carbons (Fsp3) is 0.786. The molecule has 0 aliphatic carbocycles. The maximum Gasteiger partial charge on any atom is 0.508 e. The van der Waals surface area contributed by atoms with E-state index in [2.05, 4.69) is 9.47 Å². The molecule has 0 amide bonds. The summed E-state index contributed by atoms with van der Waals surface area (Å²) in [6.07, 6.45) is -2.04. The minimum Gasteiger partial charge on any atom is -0.450 e. The molecule has 0 bridgehead atoms. The maximum atomic E-state index is 10.7. The summed E-state index contributed by atoms with van der Waals surface area (Å²) in [5.74, 6) is 0. The van der Waals surface area contributed by atoms with Gasteiger partial charge in [-0.2, -0.15) is 0 Å². The van der Waals surface area contributed by atoms with Gasteiger partial charge in [-0.25, -0.2) is 14.4 Å². The van der Waals surface area contributed by atoms with Crippen molar-refractivity contribution in [2.24, 2.45) is 0 Å². The predicted molar refractivity (Wildman–Crippen MR) is 78.6 cm³/mol. The standard InChI is InChI=1S/C13H20O8.CH2O3/c1-9(17-6-11-8-19-13(15)21-11)3-2-4-16-5-10-7-18-12(14)20-10;2-1(3)4/h9-11H,2-8H2,1H3;(H2,2,3,4). The van der Waals surface area contributed by atoms with Crippen molar-refractivity contribution in [1.29, 1.82) is 0 Å². The third-order valence-corrected chi connectivity index (χ3v) is 3.07. The molecule has 2 fully saturated rings. The Morgan fingerprint density at radius 3 is 2.12 bits per heavy atom. The van der Waals surface area contributed by atoms with Gasteiger partial charge in [0.1, 0.15) is 13.2 Å². The number of carbonyl (C=O) groups excluding carboxylic acids is 2. The van der Waals surface area contributed by atoms with Gasteiger partial charge in [0, 0.05) is 6.61 Å². The summed E-state index contributed by atoms with van der Waals surface area (Å²) in [7, 11) is 0. The van der Waals surface area contributed by atoms with E-state index in [0.29, 0.717) is 19.8 Å². The summed E-state index contributed by atoms with van der Waals surface area (Å²) in [5, 5.41) is 13.9. The SMILES string of the molecule is CC(CCCOCC1COC(=O)O1)OCC1COC(=O)O1.O=C(O)O. The van der Waals surface area contributed by atoms with Crippen LogP contribution in [0.5, 0.6) is 0 Å². The second-order valence-electron chi connectivity index (χ2n) is 5.25. The summed E-state index contributed by atoms with van der Waals surface area (Å²) in [4.78, 5) is 29.9. The molecular formula is C14H22O11. The zero-order valence-corrected chi connectivity index (χ0v) is 13.8. The molecule has 11 heteroatoms. The van der Waals surface area contributed by atoms with Crippen LogP contribution < -0.4 is 0 Å². The van der Waals surface area contributed by atoms with Crippen molar-refractivity contribution in [3.8, 4) is 0 Å². The average Bonchev–Trinajstić information content (AvgIpc) is 3.13. The molecular weight excluding hydrogens is 344 g/mol. The van der Waals surface area contributed by atoms with E-state index in [1.165, 1.54) is 0 Å². The van der Waals surface area contributed by atoms with Gasteiger partial charge in [0.15, 0.2) is 12.2 Å². The van der Waals surface area contributed by atoms with Crippen LogP contribution in [0, 0.1) is 0 Å². The number of carboxylic acid groups (broad SMARTS) is 2. The first kappa shape index (κ1) is 20.8. The molecule has 3 unspecified atom stereocenters. The van der Waals surface area contributed by atoms with Gasteiger partial charge in [-0.05, 0) is 19.8 Å². The van der Waals surface area contributed by atoms with Gasteiger partial charge in [0.25, 0.3) is 0 Å². The lowest BCUT2D eigenvalue weighted by Gasteiger charge is -2.15. The number of rotatable bonds is 9. The zero-order valence-electron chi connectivity index (χ0n) is 13.8. The predicted octanol–water partition coefficient (Wildman–Crippen LogP) is 1.48. The molecule has 2 aliphatic heterocycles. The molecule has 0 aromatic heterocycles. The van der Waals surface area contributed by atoms with E-state index in [9.17, 15) is 9.59 Å². The number of cyclic esters (lactones) is 4. The molecule has 2 aliphatic rings. The Bertz CT molecular complexity index is 434. The lowest BCUT2D eigenvalue weighted by Crippen LogP contribution is -2.22. The van der Waals surface area contributed by atoms with Crippen LogP contribution in [0.3, 0.4) is 0 Å². The van der Waals surface area contributed by atoms with Crippen molar-refractivity contribution in [2.45, 2.75) is 38.1 Å². The Morgan fingerprint density at radius 2 is 1.64 bits per heavy atom. The van der Waals surface area contributed by atoms with Crippen LogP contribution in [-0.4, -0.2) is 80.0 Å². The van der Waals surface area contributed by atoms with Crippen molar-refractivity contribution in [1.82, 2.24) is 0 Å². The van der Waals surface area contributed by atoms with Crippen molar-refractivity contribution in [3.63, 3.8) is 0 Å². The lowest BCUT2D eigenvalue weighted by atomic mass is 10.2. The molecule has 0 aromatic carbocycles. The molecule has 0 radical (unpaired) electrons. The molecule has 3 atom stereocenters. The minimum absolute atomic E-state index is 0.0422. The highest BCUT2D eigenvalue weighted by molar-refractivity contribution is 5.62. The first-order valence-corrected chi connectivity index (χ1v) is 7.65. The Kier molecular flexibility index (Phi) is 9.40. The van der Waals surface area contributed by atoms with Crippen LogP contribution in [0.15, 0.2) is 0 Å². The van der Waals surface area contributed by atoms with Gasteiger partial charge >= 0.3 is 18.5 Å². The largest absolute Gasteiger partial charge is 0.508 e. The summed E-state index contributed by atoms with van der Waals surface area (Å²) >= 11 is 0. The van der Waals surface area contributed by atoms with Gasteiger partial charge in [-0.1, -0.05) is 0 Å². The summed E-state index contributed by atoms with van der Waals surface area (Å²) in [6, 6.07) is 0. The van der Waals surface area contributed by atoms with E-state index in [1.807, 2.05) is 6.92 Å². The summed E-state index contributed by atoms with van der Waals surface area (Å²) in [6.45, 7) is 3.68. The highest BCUT2D eigenvalue weighted by Crippen LogP contribution is 2.10. The Balaban J connectivity index is 0.000000705. The van der Waals surface area contributed by atoms with E-state index in [1.54, 1.807) is 0 Å². The average molecular weight is 366 g/mol. The molecule has 2 saturated heterocycles. The molecule has 2 rings (SSSR count). The van der Waals surface area contributed by atoms with Crippen LogP contribution in [0.4, 0.5) is 14.4 Å². The Morgan fingerprint density at radius 1 is 1.12 bits per heavy atom. The second-order valence-corrected chi connectivity index (χ2v) is 5.25. The van der Waals surface area contributed by atoms with Crippen LogP contribution in [-0.2, 0) is 28.4 Å². The van der Waals surface area contributed by atoms with Gasteiger partial charge in [-0.15, -0.1) is 0 Å². The third kappa shape index (κ3) is 10.2. The molecule has 144 valence electrons. The molecule has 2 heterocycles. The first-order valence-electron chi connectivity index (χ1n) is 7.65. The fourth-order valence-electron chi connectivity index (χ4n) is 1.94. The number of carbonyl (C=O) groups is 3. The van der Waals surface area contributed by atoms with Crippen LogP contribution in [0.1, 0.15) is 19.8 Å². The zero-order chi connectivity index (χ0) is 18.7. The van der Waals surface area contributed by atoms with Crippen molar-refractivity contribution in [2.75, 3.05) is 33.0 Å². The van der Waals surface area contributed by atoms with Crippen molar-refractivity contribution in [3.05, 3.63) is 0 Å². The van der Waals surface area contributed by atoms with E-state index in [-0.39, 0.29) is 31.5 Å². The van der Waals surface area contributed by atoms with E-state index < -0.39 is 18.5 Å². The molecule has 0 saturated carbocycles. The number of hydrogen-bond donors (Lipinski definition) is 2.